The Bertz CT molecular complexity index is 564. The van der Waals surface area contributed by atoms with Gasteiger partial charge in [0.05, 0.1) is 0 Å². The lowest BCUT2D eigenvalue weighted by Crippen LogP contribution is -2.02. The molecule has 5 nitrogen and oxygen atoms in total. The highest BCUT2D eigenvalue weighted by atomic mass is 19.2. The highest BCUT2D eigenvalue weighted by Gasteiger charge is 2.15. The van der Waals surface area contributed by atoms with Crippen molar-refractivity contribution in [2.45, 2.75) is 0 Å². The minimum absolute atomic E-state index is 0.113. The second-order valence-electron chi connectivity index (χ2n) is 3.51. The van der Waals surface area contributed by atoms with Crippen LogP contribution in [0.15, 0.2) is 12.1 Å². The summed E-state index contributed by atoms with van der Waals surface area (Å²) in [5.74, 6) is -1.08. The minimum Gasteiger partial charge on any atom is -0.398 e. The smallest absolute Gasteiger partial charge is 0.224 e. The summed E-state index contributed by atoms with van der Waals surface area (Å²) < 4.78 is 27.7. The second-order valence-corrected chi connectivity index (χ2v) is 3.51. The topological polar surface area (TPSA) is 68.8 Å². The fraction of sp³-hybridized carbons (Fsp3) is 0.200. The van der Waals surface area contributed by atoms with Crippen LogP contribution in [0, 0.1) is 11.6 Å². The molecule has 0 atom stereocenters. The van der Waals surface area contributed by atoms with Crippen LogP contribution >= 0.6 is 0 Å². The molecular formula is C10H11F2N5. The number of nitrogens with one attached hydrogen (secondary N) is 1. The maximum atomic E-state index is 13.2. The number of nitrogens with zero attached hydrogens (tertiary/aromatic N) is 3. The summed E-state index contributed by atoms with van der Waals surface area (Å²) in [4.78, 5) is 0. The lowest BCUT2D eigenvalue weighted by Gasteiger charge is -2.06. The number of anilines is 2. The summed E-state index contributed by atoms with van der Waals surface area (Å²) in [7, 11) is 3.38. The molecule has 0 saturated heterocycles. The fourth-order valence-corrected chi connectivity index (χ4v) is 1.54. The first-order valence-electron chi connectivity index (χ1n) is 4.86. The zero-order valence-electron chi connectivity index (χ0n) is 9.33. The van der Waals surface area contributed by atoms with Gasteiger partial charge in [-0.3, -0.25) is 4.57 Å². The average Bonchev–Trinajstić information content (AvgIpc) is 2.65. The maximum absolute atomic E-state index is 13.2. The number of nitrogen functional groups attached to an aromatic ring is 1. The minimum atomic E-state index is -0.984. The van der Waals surface area contributed by atoms with Crippen molar-refractivity contribution >= 4 is 11.6 Å². The van der Waals surface area contributed by atoms with Gasteiger partial charge < -0.3 is 11.1 Å². The van der Waals surface area contributed by atoms with Crippen molar-refractivity contribution in [2.24, 2.45) is 7.05 Å². The van der Waals surface area contributed by atoms with Crippen LogP contribution in [0.4, 0.5) is 20.4 Å². The van der Waals surface area contributed by atoms with Gasteiger partial charge in [0.2, 0.25) is 5.95 Å². The molecule has 0 saturated carbocycles. The summed E-state index contributed by atoms with van der Waals surface area (Å²) in [5, 5.41) is 10.5. The van der Waals surface area contributed by atoms with Crippen molar-refractivity contribution < 1.29 is 8.78 Å². The van der Waals surface area contributed by atoms with E-state index in [-0.39, 0.29) is 5.69 Å². The van der Waals surface area contributed by atoms with Gasteiger partial charge in [0, 0.05) is 31.4 Å². The van der Waals surface area contributed by atoms with Crippen molar-refractivity contribution in [3.8, 4) is 11.4 Å². The number of hydrogen-bond acceptors (Lipinski definition) is 4. The summed E-state index contributed by atoms with van der Waals surface area (Å²) >= 11 is 0. The molecule has 0 unspecified atom stereocenters. The number of hydrogen-bond donors (Lipinski definition) is 2. The number of benzene rings is 1. The van der Waals surface area contributed by atoms with Crippen LogP contribution in [0.5, 0.6) is 0 Å². The predicted molar refractivity (Wildman–Crippen MR) is 60.3 cm³/mol. The van der Waals surface area contributed by atoms with Gasteiger partial charge in [-0.15, -0.1) is 10.2 Å². The Morgan fingerprint density at radius 2 is 1.88 bits per heavy atom. The number of aromatic nitrogens is 3. The van der Waals surface area contributed by atoms with Crippen molar-refractivity contribution in [1.29, 1.82) is 0 Å². The first-order chi connectivity index (χ1) is 8.04. The normalized spacial score (nSPS) is 10.6. The number of rotatable bonds is 2. The maximum Gasteiger partial charge on any atom is 0.224 e. The molecule has 90 valence electrons. The molecule has 3 N–H and O–H groups in total. The van der Waals surface area contributed by atoms with Crippen LogP contribution in [0.25, 0.3) is 11.4 Å². The largest absolute Gasteiger partial charge is 0.398 e. The molecule has 0 aliphatic carbocycles. The van der Waals surface area contributed by atoms with Crippen molar-refractivity contribution in [2.75, 3.05) is 18.1 Å². The summed E-state index contributed by atoms with van der Waals surface area (Å²) in [6, 6.07) is 1.94. The van der Waals surface area contributed by atoms with E-state index in [9.17, 15) is 8.78 Å². The number of nitrogens with two attached hydrogens (primary N) is 1. The van der Waals surface area contributed by atoms with E-state index in [0.717, 1.165) is 12.1 Å². The fourth-order valence-electron chi connectivity index (χ4n) is 1.54. The molecule has 0 aliphatic rings. The van der Waals surface area contributed by atoms with Gasteiger partial charge in [0.1, 0.15) is 0 Å². The quantitative estimate of drug-likeness (QED) is 0.777. The zero-order chi connectivity index (χ0) is 12.6. The Balaban J connectivity index is 2.60. The second kappa shape index (κ2) is 4.00. The molecule has 0 amide bonds. The van der Waals surface area contributed by atoms with Gasteiger partial charge in [0.15, 0.2) is 17.5 Å². The first-order valence-corrected chi connectivity index (χ1v) is 4.86. The van der Waals surface area contributed by atoms with E-state index in [0.29, 0.717) is 17.3 Å². The van der Waals surface area contributed by atoms with E-state index in [1.165, 1.54) is 0 Å². The van der Waals surface area contributed by atoms with Gasteiger partial charge >= 0.3 is 0 Å². The molecule has 0 radical (unpaired) electrons. The van der Waals surface area contributed by atoms with E-state index in [1.54, 1.807) is 18.7 Å². The standard InChI is InChI=1S/C10H11F2N5/c1-14-10-16-15-9(17(10)2)5-3-6(11)7(12)4-8(5)13/h3-4H,13H2,1-2H3,(H,14,16). The predicted octanol–water partition coefficient (Wildman–Crippen LogP) is 1.38. The molecule has 1 heterocycles. The molecule has 0 fully saturated rings. The molecule has 0 spiro atoms. The molecule has 17 heavy (non-hydrogen) atoms. The highest BCUT2D eigenvalue weighted by molar-refractivity contribution is 5.72. The van der Waals surface area contributed by atoms with Gasteiger partial charge in [-0.2, -0.15) is 0 Å². The highest BCUT2D eigenvalue weighted by Crippen LogP contribution is 2.27. The monoisotopic (exact) mass is 239 g/mol. The van der Waals surface area contributed by atoms with Crippen LogP contribution in [0.2, 0.25) is 0 Å². The number of halogens is 2. The summed E-state index contributed by atoms with van der Waals surface area (Å²) in [6.45, 7) is 0. The van der Waals surface area contributed by atoms with Crippen LogP contribution in [0.3, 0.4) is 0 Å². The van der Waals surface area contributed by atoms with E-state index >= 15 is 0 Å². The van der Waals surface area contributed by atoms with E-state index in [2.05, 4.69) is 15.5 Å². The third-order valence-electron chi connectivity index (χ3n) is 2.43. The van der Waals surface area contributed by atoms with Gasteiger partial charge in [-0.1, -0.05) is 0 Å². The van der Waals surface area contributed by atoms with Crippen LogP contribution in [-0.2, 0) is 7.05 Å². The van der Waals surface area contributed by atoms with Crippen molar-refractivity contribution in [3.05, 3.63) is 23.8 Å². The Hall–Kier alpha value is -2.18. The molecule has 1 aromatic carbocycles. The molecule has 2 rings (SSSR count). The SMILES string of the molecule is CNc1nnc(-c2cc(F)c(F)cc2N)n1C. The lowest BCUT2D eigenvalue weighted by molar-refractivity contribution is 0.509. The molecule has 0 bridgehead atoms. The van der Waals surface area contributed by atoms with Gasteiger partial charge in [0.25, 0.3) is 0 Å². The lowest BCUT2D eigenvalue weighted by atomic mass is 10.1. The van der Waals surface area contributed by atoms with E-state index in [4.69, 9.17) is 5.73 Å². The molecular weight excluding hydrogens is 228 g/mol. The zero-order valence-corrected chi connectivity index (χ0v) is 9.33. The average molecular weight is 239 g/mol. The van der Waals surface area contributed by atoms with E-state index < -0.39 is 11.6 Å². The Kier molecular flexibility index (Phi) is 2.66. The van der Waals surface area contributed by atoms with E-state index in [1.807, 2.05) is 0 Å². The van der Waals surface area contributed by atoms with Gasteiger partial charge in [-0.05, 0) is 6.07 Å². The summed E-state index contributed by atoms with van der Waals surface area (Å²) in [5.41, 5.74) is 6.05. The Morgan fingerprint density at radius 3 is 2.47 bits per heavy atom. The molecule has 7 heteroatoms. The van der Waals surface area contributed by atoms with Crippen LogP contribution in [-0.4, -0.2) is 21.8 Å². The third kappa shape index (κ3) is 1.79. The molecule has 0 aliphatic heterocycles. The van der Waals surface area contributed by atoms with Crippen LogP contribution in [0.1, 0.15) is 0 Å². The third-order valence-corrected chi connectivity index (χ3v) is 2.43. The van der Waals surface area contributed by atoms with Crippen molar-refractivity contribution in [3.63, 3.8) is 0 Å². The van der Waals surface area contributed by atoms with Crippen molar-refractivity contribution in [1.82, 2.24) is 14.8 Å². The Labute approximate surface area is 96.3 Å². The Morgan fingerprint density at radius 1 is 1.24 bits per heavy atom. The van der Waals surface area contributed by atoms with Crippen LogP contribution < -0.4 is 11.1 Å². The summed E-state index contributed by atoms with van der Waals surface area (Å²) in [6.07, 6.45) is 0. The first kappa shape index (κ1) is 11.3. The molecule has 2 aromatic rings. The van der Waals surface area contributed by atoms with Gasteiger partial charge in [-0.25, -0.2) is 8.78 Å². The molecule has 1 aromatic heterocycles.